The third-order valence-electron chi connectivity index (χ3n) is 3.81. The molecule has 1 saturated carbocycles. The third-order valence-corrected chi connectivity index (χ3v) is 3.81. The third kappa shape index (κ3) is 4.67. The number of aryl methyl sites for hydroxylation is 1. The molecule has 0 spiro atoms. The lowest BCUT2D eigenvalue weighted by molar-refractivity contribution is -0.116. The highest BCUT2D eigenvalue weighted by Crippen LogP contribution is 2.17. The molecule has 3 heteroatoms. The smallest absolute Gasteiger partial charge is 0.225 e. The summed E-state index contributed by atoms with van der Waals surface area (Å²) in [6, 6.07) is 8.51. The molecule has 2 N–H and O–H groups in total. The van der Waals surface area contributed by atoms with E-state index in [1.807, 2.05) is 31.2 Å². The van der Waals surface area contributed by atoms with Crippen LogP contribution in [0, 0.1) is 6.92 Å². The minimum atomic E-state index is 0.0950. The van der Waals surface area contributed by atoms with Gasteiger partial charge in [-0.1, -0.05) is 37.5 Å². The first kappa shape index (κ1) is 14.1. The SMILES string of the molecule is Cc1ccccc1NC(=O)CCNC1CCCCC1. The summed E-state index contributed by atoms with van der Waals surface area (Å²) in [6.07, 6.45) is 7.09. The van der Waals surface area contributed by atoms with E-state index in [9.17, 15) is 4.79 Å². The van der Waals surface area contributed by atoms with Gasteiger partial charge in [0, 0.05) is 24.7 Å². The molecule has 1 aromatic rings. The number of hydrogen-bond acceptors (Lipinski definition) is 2. The first-order valence-electron chi connectivity index (χ1n) is 7.34. The van der Waals surface area contributed by atoms with E-state index in [-0.39, 0.29) is 5.91 Å². The van der Waals surface area contributed by atoms with Gasteiger partial charge in [-0.2, -0.15) is 0 Å². The zero-order valence-electron chi connectivity index (χ0n) is 11.7. The van der Waals surface area contributed by atoms with E-state index < -0.39 is 0 Å². The maximum absolute atomic E-state index is 11.9. The molecule has 3 nitrogen and oxygen atoms in total. The molecule has 0 unspecified atom stereocenters. The molecule has 0 bridgehead atoms. The van der Waals surface area contributed by atoms with Crippen molar-refractivity contribution >= 4 is 11.6 Å². The van der Waals surface area contributed by atoms with Crippen molar-refractivity contribution in [1.82, 2.24) is 5.32 Å². The van der Waals surface area contributed by atoms with Crippen molar-refractivity contribution in [3.63, 3.8) is 0 Å². The van der Waals surface area contributed by atoms with Crippen molar-refractivity contribution in [2.24, 2.45) is 0 Å². The Labute approximate surface area is 115 Å². The number of nitrogens with one attached hydrogen (secondary N) is 2. The molecule has 0 atom stereocenters. The topological polar surface area (TPSA) is 41.1 Å². The van der Waals surface area contributed by atoms with E-state index in [4.69, 9.17) is 0 Å². The zero-order chi connectivity index (χ0) is 13.5. The van der Waals surface area contributed by atoms with Crippen LogP contribution in [0.25, 0.3) is 0 Å². The highest BCUT2D eigenvalue weighted by Gasteiger charge is 2.12. The van der Waals surface area contributed by atoms with Crippen LogP contribution in [-0.2, 0) is 4.79 Å². The van der Waals surface area contributed by atoms with E-state index in [2.05, 4.69) is 10.6 Å². The second-order valence-corrected chi connectivity index (χ2v) is 5.40. The van der Waals surface area contributed by atoms with Gasteiger partial charge in [-0.05, 0) is 31.4 Å². The van der Waals surface area contributed by atoms with Crippen molar-refractivity contribution in [2.75, 3.05) is 11.9 Å². The van der Waals surface area contributed by atoms with E-state index in [1.54, 1.807) is 0 Å². The van der Waals surface area contributed by atoms with Gasteiger partial charge in [0.15, 0.2) is 0 Å². The Hall–Kier alpha value is -1.35. The quantitative estimate of drug-likeness (QED) is 0.853. The van der Waals surface area contributed by atoms with Gasteiger partial charge in [-0.25, -0.2) is 0 Å². The van der Waals surface area contributed by atoms with E-state index in [0.29, 0.717) is 12.5 Å². The van der Waals surface area contributed by atoms with Crippen molar-refractivity contribution in [3.05, 3.63) is 29.8 Å². The lowest BCUT2D eigenvalue weighted by Crippen LogP contribution is -2.33. The molecule has 0 aliphatic heterocycles. The molecule has 1 aliphatic carbocycles. The molecule has 1 amide bonds. The zero-order valence-corrected chi connectivity index (χ0v) is 11.7. The molecule has 0 saturated heterocycles. The van der Waals surface area contributed by atoms with Gasteiger partial charge in [-0.3, -0.25) is 4.79 Å². The largest absolute Gasteiger partial charge is 0.326 e. The molecule has 2 rings (SSSR count). The number of rotatable bonds is 5. The van der Waals surface area contributed by atoms with Crippen LogP contribution >= 0.6 is 0 Å². The van der Waals surface area contributed by atoms with E-state index in [0.717, 1.165) is 17.8 Å². The summed E-state index contributed by atoms with van der Waals surface area (Å²) in [4.78, 5) is 11.9. The number of benzene rings is 1. The second kappa shape index (κ2) is 7.29. The Morgan fingerprint density at radius 3 is 2.68 bits per heavy atom. The first-order chi connectivity index (χ1) is 9.25. The molecular formula is C16H24N2O. The van der Waals surface area contributed by atoms with Crippen LogP contribution in [0.2, 0.25) is 0 Å². The summed E-state index contributed by atoms with van der Waals surface area (Å²) in [5.74, 6) is 0.0950. The molecule has 0 radical (unpaired) electrons. The fourth-order valence-corrected chi connectivity index (χ4v) is 2.62. The first-order valence-corrected chi connectivity index (χ1v) is 7.34. The lowest BCUT2D eigenvalue weighted by atomic mass is 9.95. The monoisotopic (exact) mass is 260 g/mol. The van der Waals surface area contributed by atoms with E-state index in [1.165, 1.54) is 32.1 Å². The molecule has 1 aliphatic rings. The van der Waals surface area contributed by atoms with Gasteiger partial charge in [0.1, 0.15) is 0 Å². The average molecular weight is 260 g/mol. The number of anilines is 1. The van der Waals surface area contributed by atoms with Gasteiger partial charge >= 0.3 is 0 Å². The van der Waals surface area contributed by atoms with Crippen molar-refractivity contribution in [3.8, 4) is 0 Å². The predicted octanol–water partition coefficient (Wildman–Crippen LogP) is 3.25. The highest BCUT2D eigenvalue weighted by molar-refractivity contribution is 5.91. The van der Waals surface area contributed by atoms with Crippen LogP contribution in [-0.4, -0.2) is 18.5 Å². The summed E-state index contributed by atoms with van der Waals surface area (Å²) in [5.41, 5.74) is 2.03. The second-order valence-electron chi connectivity index (χ2n) is 5.40. The van der Waals surface area contributed by atoms with Gasteiger partial charge in [-0.15, -0.1) is 0 Å². The minimum Gasteiger partial charge on any atom is -0.326 e. The molecule has 0 aromatic heterocycles. The number of para-hydroxylation sites is 1. The number of amides is 1. The Bertz CT molecular complexity index is 411. The molecule has 1 aromatic carbocycles. The normalized spacial score (nSPS) is 16.3. The van der Waals surface area contributed by atoms with Crippen LogP contribution in [0.3, 0.4) is 0 Å². The van der Waals surface area contributed by atoms with Crippen molar-refractivity contribution < 1.29 is 4.79 Å². The summed E-state index contributed by atoms with van der Waals surface area (Å²) in [5, 5.41) is 6.46. The average Bonchev–Trinajstić information content (AvgIpc) is 2.43. The van der Waals surface area contributed by atoms with Crippen LogP contribution in [0.5, 0.6) is 0 Å². The van der Waals surface area contributed by atoms with Crippen LogP contribution < -0.4 is 10.6 Å². The molecular weight excluding hydrogens is 236 g/mol. The maximum atomic E-state index is 11.9. The molecule has 0 heterocycles. The van der Waals surface area contributed by atoms with Gasteiger partial charge in [0.25, 0.3) is 0 Å². The number of carbonyl (C=O) groups excluding carboxylic acids is 1. The van der Waals surface area contributed by atoms with Crippen molar-refractivity contribution in [1.29, 1.82) is 0 Å². The Balaban J connectivity index is 1.68. The summed E-state index contributed by atoms with van der Waals surface area (Å²) in [7, 11) is 0. The molecule has 19 heavy (non-hydrogen) atoms. The standard InChI is InChI=1S/C16H24N2O/c1-13-7-5-6-10-15(13)18-16(19)11-12-17-14-8-3-2-4-9-14/h5-7,10,14,17H,2-4,8-9,11-12H2,1H3,(H,18,19). The Morgan fingerprint density at radius 1 is 1.21 bits per heavy atom. The Morgan fingerprint density at radius 2 is 1.95 bits per heavy atom. The van der Waals surface area contributed by atoms with Crippen LogP contribution in [0.15, 0.2) is 24.3 Å². The van der Waals surface area contributed by atoms with Crippen LogP contribution in [0.1, 0.15) is 44.1 Å². The molecule has 104 valence electrons. The maximum Gasteiger partial charge on any atom is 0.225 e. The highest BCUT2D eigenvalue weighted by atomic mass is 16.1. The number of carbonyl (C=O) groups is 1. The molecule has 1 fully saturated rings. The van der Waals surface area contributed by atoms with Crippen LogP contribution in [0.4, 0.5) is 5.69 Å². The number of hydrogen-bond donors (Lipinski definition) is 2. The summed E-state index contributed by atoms with van der Waals surface area (Å²) >= 11 is 0. The van der Waals surface area contributed by atoms with Gasteiger partial charge < -0.3 is 10.6 Å². The predicted molar refractivity (Wildman–Crippen MR) is 79.3 cm³/mol. The summed E-state index contributed by atoms with van der Waals surface area (Å²) < 4.78 is 0. The Kier molecular flexibility index (Phi) is 5.40. The summed E-state index contributed by atoms with van der Waals surface area (Å²) in [6.45, 7) is 2.79. The fourth-order valence-electron chi connectivity index (χ4n) is 2.62. The lowest BCUT2D eigenvalue weighted by Gasteiger charge is -2.22. The van der Waals surface area contributed by atoms with Gasteiger partial charge in [0.05, 0.1) is 0 Å². The fraction of sp³-hybridized carbons (Fsp3) is 0.562. The van der Waals surface area contributed by atoms with Crippen molar-refractivity contribution in [2.45, 2.75) is 51.5 Å². The minimum absolute atomic E-state index is 0.0950. The van der Waals surface area contributed by atoms with E-state index >= 15 is 0 Å². The van der Waals surface area contributed by atoms with Gasteiger partial charge in [0.2, 0.25) is 5.91 Å².